The van der Waals surface area contributed by atoms with E-state index in [9.17, 15) is 0 Å². The lowest BCUT2D eigenvalue weighted by Crippen LogP contribution is -1.95. The Balaban J connectivity index is 2.57. The van der Waals surface area contributed by atoms with Crippen LogP contribution in [0.4, 0.5) is 5.82 Å². The Hall–Kier alpha value is -1.87. The summed E-state index contributed by atoms with van der Waals surface area (Å²) in [6.45, 7) is 1.96. The summed E-state index contributed by atoms with van der Waals surface area (Å²) in [5.74, 6) is 0.488. The first-order valence-electron chi connectivity index (χ1n) is 5.27. The van der Waals surface area contributed by atoms with Gasteiger partial charge in [0.1, 0.15) is 5.82 Å². The van der Waals surface area contributed by atoms with Crippen molar-refractivity contribution in [3.8, 4) is 0 Å². The van der Waals surface area contributed by atoms with Crippen LogP contribution in [-0.2, 0) is 0 Å². The molecule has 0 saturated heterocycles. The summed E-state index contributed by atoms with van der Waals surface area (Å²) < 4.78 is 0. The molecule has 0 unspecified atom stereocenters. The van der Waals surface area contributed by atoms with Crippen LogP contribution >= 0.6 is 11.6 Å². The number of hydrogen-bond acceptors (Lipinski definition) is 3. The van der Waals surface area contributed by atoms with Crippen molar-refractivity contribution in [1.29, 1.82) is 0 Å². The number of rotatable bonds is 0. The second-order valence-corrected chi connectivity index (χ2v) is 4.44. The smallest absolute Gasteiger partial charge is 0.133 e. The largest absolute Gasteiger partial charge is 0.383 e. The lowest BCUT2D eigenvalue weighted by Gasteiger charge is -2.06. The average Bonchev–Trinajstić information content (AvgIpc) is 2.28. The summed E-state index contributed by atoms with van der Waals surface area (Å²) in [6, 6.07) is 9.46. The van der Waals surface area contributed by atoms with E-state index in [0.717, 1.165) is 27.5 Å². The van der Waals surface area contributed by atoms with Gasteiger partial charge in [-0.15, -0.1) is 0 Å². The van der Waals surface area contributed by atoms with Gasteiger partial charge < -0.3 is 5.73 Å². The van der Waals surface area contributed by atoms with Crippen LogP contribution in [0.1, 0.15) is 5.69 Å². The Morgan fingerprint density at radius 2 is 1.82 bits per heavy atom. The van der Waals surface area contributed by atoms with Crippen molar-refractivity contribution in [2.75, 3.05) is 5.73 Å². The third kappa shape index (κ3) is 1.59. The van der Waals surface area contributed by atoms with Gasteiger partial charge in [-0.1, -0.05) is 11.6 Å². The first-order valence-corrected chi connectivity index (χ1v) is 5.65. The molecule has 84 valence electrons. The topological polar surface area (TPSA) is 51.8 Å². The molecule has 2 heterocycles. The van der Waals surface area contributed by atoms with Gasteiger partial charge in [-0.2, -0.15) is 0 Å². The maximum atomic E-state index is 5.95. The number of fused-ring (bicyclic) bond motifs is 3. The SMILES string of the molecule is Cc1ccc2c(N)nc3cc(Cl)ccc3c2n1. The van der Waals surface area contributed by atoms with Crippen LogP contribution in [0.25, 0.3) is 21.8 Å². The highest BCUT2D eigenvalue weighted by Gasteiger charge is 2.07. The van der Waals surface area contributed by atoms with E-state index in [-0.39, 0.29) is 0 Å². The van der Waals surface area contributed by atoms with Gasteiger partial charge in [0.15, 0.2) is 0 Å². The zero-order valence-electron chi connectivity index (χ0n) is 9.24. The normalized spacial score (nSPS) is 11.2. The zero-order chi connectivity index (χ0) is 12.0. The molecular weight excluding hydrogens is 234 g/mol. The average molecular weight is 244 g/mol. The van der Waals surface area contributed by atoms with Gasteiger partial charge in [-0.3, -0.25) is 4.98 Å². The quantitative estimate of drug-likeness (QED) is 0.616. The second kappa shape index (κ2) is 3.57. The molecule has 3 rings (SSSR count). The molecule has 3 nitrogen and oxygen atoms in total. The van der Waals surface area contributed by atoms with Crippen molar-refractivity contribution in [1.82, 2.24) is 9.97 Å². The van der Waals surface area contributed by atoms with E-state index in [2.05, 4.69) is 9.97 Å². The minimum atomic E-state index is 0.488. The molecular formula is C13H10ClN3. The predicted molar refractivity (Wildman–Crippen MR) is 71.2 cm³/mol. The summed E-state index contributed by atoms with van der Waals surface area (Å²) in [7, 11) is 0. The van der Waals surface area contributed by atoms with Crippen molar-refractivity contribution < 1.29 is 0 Å². The van der Waals surface area contributed by atoms with Gasteiger partial charge in [0, 0.05) is 21.5 Å². The summed E-state index contributed by atoms with van der Waals surface area (Å²) in [6.07, 6.45) is 0. The fourth-order valence-corrected chi connectivity index (χ4v) is 2.12. The van der Waals surface area contributed by atoms with Gasteiger partial charge in [-0.05, 0) is 37.3 Å². The van der Waals surface area contributed by atoms with Crippen LogP contribution in [0.5, 0.6) is 0 Å². The number of aryl methyl sites for hydroxylation is 1. The Kier molecular flexibility index (Phi) is 2.16. The summed E-state index contributed by atoms with van der Waals surface area (Å²) >= 11 is 5.95. The van der Waals surface area contributed by atoms with E-state index >= 15 is 0 Å². The standard InChI is InChI=1S/C13H10ClN3/c1-7-2-4-10-12(16-7)9-5-3-8(14)6-11(9)17-13(10)15/h2-6H,1H3,(H2,15,17). The van der Waals surface area contributed by atoms with Crippen molar-refractivity contribution in [2.45, 2.75) is 6.92 Å². The highest BCUT2D eigenvalue weighted by atomic mass is 35.5. The van der Waals surface area contributed by atoms with E-state index in [1.165, 1.54) is 0 Å². The number of anilines is 1. The molecule has 0 aliphatic carbocycles. The summed E-state index contributed by atoms with van der Waals surface area (Å²) in [5, 5.41) is 2.50. The number of nitrogens with zero attached hydrogens (tertiary/aromatic N) is 2. The van der Waals surface area contributed by atoms with Crippen molar-refractivity contribution in [2.24, 2.45) is 0 Å². The van der Waals surface area contributed by atoms with E-state index in [4.69, 9.17) is 17.3 Å². The molecule has 2 N–H and O–H groups in total. The lowest BCUT2D eigenvalue weighted by molar-refractivity contribution is 1.26. The molecule has 2 aromatic heterocycles. The third-order valence-corrected chi connectivity index (χ3v) is 3.00. The van der Waals surface area contributed by atoms with E-state index in [1.54, 1.807) is 6.07 Å². The highest BCUT2D eigenvalue weighted by Crippen LogP contribution is 2.28. The zero-order valence-corrected chi connectivity index (χ0v) is 9.99. The number of aromatic nitrogens is 2. The Labute approximate surface area is 103 Å². The van der Waals surface area contributed by atoms with Crippen molar-refractivity contribution >= 4 is 39.2 Å². The van der Waals surface area contributed by atoms with Gasteiger partial charge in [-0.25, -0.2) is 4.98 Å². The Morgan fingerprint density at radius 1 is 1.06 bits per heavy atom. The van der Waals surface area contributed by atoms with Gasteiger partial charge in [0.2, 0.25) is 0 Å². The molecule has 4 heteroatoms. The fraction of sp³-hybridized carbons (Fsp3) is 0.0769. The van der Waals surface area contributed by atoms with E-state index in [1.807, 2.05) is 31.2 Å². The van der Waals surface area contributed by atoms with Crippen molar-refractivity contribution in [3.05, 3.63) is 41.0 Å². The fourth-order valence-electron chi connectivity index (χ4n) is 1.96. The Bertz CT molecular complexity index is 737. The molecule has 0 bridgehead atoms. The van der Waals surface area contributed by atoms with E-state index < -0.39 is 0 Å². The minimum absolute atomic E-state index is 0.488. The molecule has 0 spiro atoms. The molecule has 0 fully saturated rings. The van der Waals surface area contributed by atoms with Gasteiger partial charge >= 0.3 is 0 Å². The second-order valence-electron chi connectivity index (χ2n) is 4.01. The molecule has 17 heavy (non-hydrogen) atoms. The molecule has 0 saturated carbocycles. The van der Waals surface area contributed by atoms with Crippen LogP contribution in [0, 0.1) is 6.92 Å². The number of nitrogens with two attached hydrogens (primary N) is 1. The first-order chi connectivity index (χ1) is 8.15. The van der Waals surface area contributed by atoms with Crippen LogP contribution < -0.4 is 5.73 Å². The van der Waals surface area contributed by atoms with Crippen LogP contribution in [0.3, 0.4) is 0 Å². The third-order valence-electron chi connectivity index (χ3n) is 2.77. The van der Waals surface area contributed by atoms with Crippen molar-refractivity contribution in [3.63, 3.8) is 0 Å². The maximum absolute atomic E-state index is 5.95. The molecule has 1 aromatic carbocycles. The minimum Gasteiger partial charge on any atom is -0.383 e. The van der Waals surface area contributed by atoms with Crippen LogP contribution in [0.15, 0.2) is 30.3 Å². The highest BCUT2D eigenvalue weighted by molar-refractivity contribution is 6.31. The first kappa shape index (κ1) is 10.3. The lowest BCUT2D eigenvalue weighted by atomic mass is 10.1. The van der Waals surface area contributed by atoms with Gasteiger partial charge in [0.05, 0.1) is 11.0 Å². The van der Waals surface area contributed by atoms with Gasteiger partial charge in [0.25, 0.3) is 0 Å². The van der Waals surface area contributed by atoms with Crippen LogP contribution in [0.2, 0.25) is 5.02 Å². The summed E-state index contributed by atoms with van der Waals surface area (Å²) in [4.78, 5) is 8.88. The number of benzene rings is 1. The molecule has 3 aromatic rings. The van der Waals surface area contributed by atoms with Crippen LogP contribution in [-0.4, -0.2) is 9.97 Å². The van der Waals surface area contributed by atoms with E-state index in [0.29, 0.717) is 10.8 Å². The molecule has 0 aliphatic heterocycles. The molecule has 0 radical (unpaired) electrons. The number of pyridine rings is 2. The maximum Gasteiger partial charge on any atom is 0.133 e. The predicted octanol–water partition coefficient (Wildman–Crippen LogP) is 3.33. The molecule has 0 atom stereocenters. The number of nitrogen functional groups attached to an aromatic ring is 1. The Morgan fingerprint density at radius 3 is 2.65 bits per heavy atom. The number of hydrogen-bond donors (Lipinski definition) is 1. The number of halogens is 1. The summed E-state index contributed by atoms with van der Waals surface area (Å²) in [5.41, 5.74) is 8.54. The molecule has 0 amide bonds. The monoisotopic (exact) mass is 243 g/mol. The molecule has 0 aliphatic rings.